The average Bonchev–Trinajstić information content (AvgIpc) is 2.89. The third kappa shape index (κ3) is 8.89. The van der Waals surface area contributed by atoms with E-state index >= 15 is 0 Å². The second kappa shape index (κ2) is 15.2. The van der Waals surface area contributed by atoms with Gasteiger partial charge in [-0.1, -0.05) is 77.3 Å². The van der Waals surface area contributed by atoms with E-state index in [1.54, 1.807) is 12.1 Å². The molecule has 1 aromatic heterocycles. The van der Waals surface area contributed by atoms with Crippen molar-refractivity contribution in [2.75, 3.05) is 0 Å². The van der Waals surface area contributed by atoms with Crippen LogP contribution in [0.4, 0.5) is 4.39 Å². The zero-order valence-corrected chi connectivity index (χ0v) is 21.9. The summed E-state index contributed by atoms with van der Waals surface area (Å²) in [6.45, 7) is 4.42. The SMILES string of the molecule is CCCCCCCc1ccc(-c2ccc(OC(=O)c3ccc(CCCCCCC)cc3F)cc2)nc1. The number of carbonyl (C=O) groups is 1. The van der Waals surface area contributed by atoms with Crippen LogP contribution in [0.2, 0.25) is 0 Å². The highest BCUT2D eigenvalue weighted by Crippen LogP contribution is 2.23. The van der Waals surface area contributed by atoms with Crippen LogP contribution in [0.5, 0.6) is 5.75 Å². The molecule has 36 heavy (non-hydrogen) atoms. The first-order valence-electron chi connectivity index (χ1n) is 13.7. The number of unbranched alkanes of at least 4 members (excludes halogenated alkanes) is 8. The fourth-order valence-corrected chi connectivity index (χ4v) is 4.34. The molecule has 0 N–H and O–H groups in total. The van der Waals surface area contributed by atoms with Crippen LogP contribution in [0.25, 0.3) is 11.3 Å². The Bertz CT molecular complexity index is 1060. The van der Waals surface area contributed by atoms with E-state index in [0.717, 1.165) is 42.5 Å². The number of benzene rings is 2. The number of halogens is 1. The van der Waals surface area contributed by atoms with Gasteiger partial charge in [-0.25, -0.2) is 9.18 Å². The number of pyridine rings is 1. The van der Waals surface area contributed by atoms with Crippen LogP contribution in [0.3, 0.4) is 0 Å². The number of carbonyl (C=O) groups excluding carboxylic acids is 1. The summed E-state index contributed by atoms with van der Waals surface area (Å²) in [5.74, 6) is -0.833. The molecule has 0 saturated carbocycles. The highest BCUT2D eigenvalue weighted by molar-refractivity contribution is 5.91. The van der Waals surface area contributed by atoms with Gasteiger partial charge < -0.3 is 4.74 Å². The summed E-state index contributed by atoms with van der Waals surface area (Å²) in [6.07, 6.45) is 16.0. The lowest BCUT2D eigenvalue weighted by Crippen LogP contribution is -2.11. The minimum Gasteiger partial charge on any atom is -0.423 e. The second-order valence-electron chi connectivity index (χ2n) is 9.61. The van der Waals surface area contributed by atoms with Crippen LogP contribution >= 0.6 is 0 Å². The lowest BCUT2D eigenvalue weighted by Gasteiger charge is -2.08. The van der Waals surface area contributed by atoms with Gasteiger partial charge in [0.1, 0.15) is 11.6 Å². The van der Waals surface area contributed by atoms with Crippen molar-refractivity contribution >= 4 is 5.97 Å². The van der Waals surface area contributed by atoms with E-state index in [4.69, 9.17) is 4.74 Å². The van der Waals surface area contributed by atoms with Gasteiger partial charge in [-0.05, 0) is 79.3 Å². The van der Waals surface area contributed by atoms with E-state index in [-0.39, 0.29) is 5.56 Å². The van der Waals surface area contributed by atoms with Gasteiger partial charge in [-0.2, -0.15) is 0 Å². The topological polar surface area (TPSA) is 39.2 Å². The molecule has 3 rings (SSSR count). The minimum absolute atomic E-state index is 0.0410. The zero-order chi connectivity index (χ0) is 25.6. The van der Waals surface area contributed by atoms with Gasteiger partial charge in [0.15, 0.2) is 0 Å². The number of aromatic nitrogens is 1. The zero-order valence-electron chi connectivity index (χ0n) is 21.9. The first-order valence-corrected chi connectivity index (χ1v) is 13.7. The van der Waals surface area contributed by atoms with E-state index in [1.807, 2.05) is 30.5 Å². The van der Waals surface area contributed by atoms with Crippen molar-refractivity contribution in [3.63, 3.8) is 0 Å². The number of nitrogens with zero attached hydrogens (tertiary/aromatic N) is 1. The van der Waals surface area contributed by atoms with E-state index < -0.39 is 11.8 Å². The van der Waals surface area contributed by atoms with Crippen molar-refractivity contribution in [2.45, 2.75) is 90.9 Å². The summed E-state index contributed by atoms with van der Waals surface area (Å²) < 4.78 is 20.0. The Kier molecular flexibility index (Phi) is 11.6. The molecule has 0 unspecified atom stereocenters. The first-order chi connectivity index (χ1) is 17.6. The maximum Gasteiger partial charge on any atom is 0.346 e. The molecule has 4 heteroatoms. The van der Waals surface area contributed by atoms with Crippen LogP contribution in [0.1, 0.15) is 99.5 Å². The molecule has 0 fully saturated rings. The van der Waals surface area contributed by atoms with Crippen molar-refractivity contribution in [1.29, 1.82) is 0 Å². The summed E-state index contributed by atoms with van der Waals surface area (Å²) >= 11 is 0. The largest absolute Gasteiger partial charge is 0.423 e. The summed E-state index contributed by atoms with van der Waals surface area (Å²) in [6, 6.07) is 16.2. The Hall–Kier alpha value is -3.01. The first kappa shape index (κ1) is 27.6. The number of rotatable bonds is 15. The Morgan fingerprint density at radius 2 is 1.36 bits per heavy atom. The average molecular weight is 490 g/mol. The molecule has 0 atom stereocenters. The number of hydrogen-bond acceptors (Lipinski definition) is 3. The van der Waals surface area contributed by atoms with Crippen molar-refractivity contribution in [3.05, 3.63) is 83.3 Å². The summed E-state index contributed by atoms with van der Waals surface area (Å²) in [4.78, 5) is 17.1. The van der Waals surface area contributed by atoms with E-state index in [2.05, 4.69) is 24.9 Å². The molecule has 0 bridgehead atoms. The fraction of sp³-hybridized carbons (Fsp3) is 0.438. The van der Waals surface area contributed by atoms with Gasteiger partial charge in [-0.15, -0.1) is 0 Å². The van der Waals surface area contributed by atoms with Crippen molar-refractivity contribution in [3.8, 4) is 17.0 Å². The second-order valence-corrected chi connectivity index (χ2v) is 9.61. The number of esters is 1. The van der Waals surface area contributed by atoms with Crippen LogP contribution in [-0.2, 0) is 12.8 Å². The smallest absolute Gasteiger partial charge is 0.346 e. The Morgan fingerprint density at radius 1 is 0.750 bits per heavy atom. The van der Waals surface area contributed by atoms with Crippen molar-refractivity contribution in [2.24, 2.45) is 0 Å². The van der Waals surface area contributed by atoms with Crippen LogP contribution < -0.4 is 4.74 Å². The third-order valence-electron chi connectivity index (χ3n) is 6.58. The number of ether oxygens (including phenoxy) is 1. The molecule has 192 valence electrons. The van der Waals surface area contributed by atoms with Crippen molar-refractivity contribution in [1.82, 2.24) is 4.98 Å². The Morgan fingerprint density at radius 3 is 1.94 bits per heavy atom. The standard InChI is InChI=1S/C32H40FNO2/c1-3-5-7-9-11-13-25-15-21-29(30(33)23-25)32(35)36-28-19-17-27(18-20-28)31-22-16-26(24-34-31)14-12-10-8-6-4-2/h15-24H,3-14H2,1-2H3. The van der Waals surface area contributed by atoms with Gasteiger partial charge in [0.05, 0.1) is 11.3 Å². The molecule has 3 aromatic rings. The van der Waals surface area contributed by atoms with Gasteiger partial charge in [0.25, 0.3) is 0 Å². The fourth-order valence-electron chi connectivity index (χ4n) is 4.34. The molecule has 0 aliphatic heterocycles. The maximum atomic E-state index is 14.6. The molecule has 0 amide bonds. The van der Waals surface area contributed by atoms with Crippen LogP contribution in [0, 0.1) is 5.82 Å². The third-order valence-corrected chi connectivity index (χ3v) is 6.58. The quantitative estimate of drug-likeness (QED) is 0.121. The number of aryl methyl sites for hydroxylation is 2. The van der Waals surface area contributed by atoms with Gasteiger partial charge in [0, 0.05) is 11.8 Å². The molecule has 0 aliphatic rings. The van der Waals surface area contributed by atoms with Gasteiger partial charge in [-0.3, -0.25) is 4.98 Å². The normalized spacial score (nSPS) is 11.0. The predicted molar refractivity (Wildman–Crippen MR) is 146 cm³/mol. The highest BCUT2D eigenvalue weighted by atomic mass is 19.1. The van der Waals surface area contributed by atoms with Crippen molar-refractivity contribution < 1.29 is 13.9 Å². The molecular weight excluding hydrogens is 449 g/mol. The van der Waals surface area contributed by atoms with Gasteiger partial charge in [0.2, 0.25) is 0 Å². The maximum absolute atomic E-state index is 14.6. The molecule has 2 aromatic carbocycles. The Balaban J connectivity index is 1.51. The molecule has 0 saturated heterocycles. The summed E-state index contributed by atoms with van der Waals surface area (Å²) in [7, 11) is 0. The monoisotopic (exact) mass is 489 g/mol. The Labute approximate surface area is 216 Å². The lowest BCUT2D eigenvalue weighted by atomic mass is 10.0. The van der Waals surface area contributed by atoms with Crippen LogP contribution in [-0.4, -0.2) is 11.0 Å². The van der Waals surface area contributed by atoms with Gasteiger partial charge >= 0.3 is 5.97 Å². The van der Waals surface area contributed by atoms with E-state index in [9.17, 15) is 9.18 Å². The van der Waals surface area contributed by atoms with Crippen LogP contribution in [0.15, 0.2) is 60.8 Å². The molecule has 0 radical (unpaired) electrons. The molecule has 0 aliphatic carbocycles. The van der Waals surface area contributed by atoms with E-state index in [0.29, 0.717) is 5.75 Å². The molecule has 0 spiro atoms. The number of hydrogen-bond donors (Lipinski definition) is 0. The molecule has 1 heterocycles. The van der Waals surface area contributed by atoms with E-state index in [1.165, 1.54) is 69.1 Å². The lowest BCUT2D eigenvalue weighted by molar-refractivity contribution is 0.0730. The molecule has 3 nitrogen and oxygen atoms in total. The molecular formula is C32H40FNO2. The minimum atomic E-state index is -0.684. The predicted octanol–water partition coefficient (Wildman–Crippen LogP) is 9.13. The highest BCUT2D eigenvalue weighted by Gasteiger charge is 2.15. The summed E-state index contributed by atoms with van der Waals surface area (Å²) in [5, 5.41) is 0. The summed E-state index contributed by atoms with van der Waals surface area (Å²) in [5.41, 5.74) is 3.95.